The first-order valence-corrected chi connectivity index (χ1v) is 6.11. The highest BCUT2D eigenvalue weighted by molar-refractivity contribution is 5.81. The van der Waals surface area contributed by atoms with Gasteiger partial charge in [0.2, 0.25) is 0 Å². The first-order valence-electron chi connectivity index (χ1n) is 6.11. The van der Waals surface area contributed by atoms with E-state index >= 15 is 0 Å². The van der Waals surface area contributed by atoms with Crippen LogP contribution in [-0.2, 0) is 0 Å². The minimum atomic E-state index is 0.587. The van der Waals surface area contributed by atoms with Crippen LogP contribution in [0, 0.1) is 17.2 Å². The smallest absolute Gasteiger partial charge is 0.0989 e. The summed E-state index contributed by atoms with van der Waals surface area (Å²) < 4.78 is 0. The van der Waals surface area contributed by atoms with Gasteiger partial charge in [0.25, 0.3) is 0 Å². The van der Waals surface area contributed by atoms with Crippen molar-refractivity contribution >= 4 is 5.84 Å². The molecule has 2 fully saturated rings. The van der Waals surface area contributed by atoms with E-state index in [1.54, 1.807) is 0 Å². The molecule has 14 heavy (non-hydrogen) atoms. The predicted octanol–water partition coefficient (Wildman–Crippen LogP) is 2.89. The van der Waals surface area contributed by atoms with Crippen LogP contribution >= 0.6 is 0 Å². The molecule has 0 atom stereocenters. The summed E-state index contributed by atoms with van der Waals surface area (Å²) in [6.45, 7) is 4.63. The van der Waals surface area contributed by atoms with E-state index in [0.717, 1.165) is 24.8 Å². The van der Waals surface area contributed by atoms with Crippen molar-refractivity contribution in [1.82, 2.24) is 4.90 Å². The van der Waals surface area contributed by atoms with Crippen LogP contribution in [0.1, 0.15) is 45.4 Å². The predicted molar refractivity (Wildman–Crippen MR) is 59.7 cm³/mol. The van der Waals surface area contributed by atoms with Gasteiger partial charge in [0.15, 0.2) is 0 Å². The highest BCUT2D eigenvalue weighted by atomic mass is 15.2. The summed E-state index contributed by atoms with van der Waals surface area (Å²) in [7, 11) is 0. The van der Waals surface area contributed by atoms with Crippen molar-refractivity contribution in [2.24, 2.45) is 11.8 Å². The molecule has 1 aliphatic carbocycles. The number of hydrogen-bond donors (Lipinski definition) is 1. The van der Waals surface area contributed by atoms with E-state index in [2.05, 4.69) is 11.8 Å². The standard InChI is InChI=1S/C12H22N2/c1-10-4-6-11(7-5-10)12(13)14-8-2-3-9-14/h10-11,13H,2-9H2,1H3. The van der Waals surface area contributed by atoms with Gasteiger partial charge < -0.3 is 4.90 Å². The summed E-state index contributed by atoms with van der Waals surface area (Å²) in [5.74, 6) is 2.44. The molecule has 0 aromatic heterocycles. The maximum absolute atomic E-state index is 8.17. The second kappa shape index (κ2) is 4.33. The second-order valence-corrected chi connectivity index (χ2v) is 5.04. The molecule has 2 rings (SSSR count). The Balaban J connectivity index is 1.85. The first kappa shape index (κ1) is 10.0. The number of nitrogens with one attached hydrogen (secondary N) is 1. The van der Waals surface area contributed by atoms with Gasteiger partial charge in [0.05, 0.1) is 5.84 Å². The van der Waals surface area contributed by atoms with Gasteiger partial charge in [-0.25, -0.2) is 0 Å². The maximum atomic E-state index is 8.17. The van der Waals surface area contributed by atoms with E-state index in [1.165, 1.54) is 38.5 Å². The van der Waals surface area contributed by atoms with Crippen LogP contribution in [0.4, 0.5) is 0 Å². The third-order valence-electron chi connectivity index (χ3n) is 3.85. The third-order valence-corrected chi connectivity index (χ3v) is 3.85. The first-order chi connectivity index (χ1) is 6.77. The van der Waals surface area contributed by atoms with Gasteiger partial charge in [0.1, 0.15) is 0 Å². The molecular formula is C12H22N2. The number of likely N-dealkylation sites (tertiary alicyclic amines) is 1. The molecule has 0 amide bonds. The van der Waals surface area contributed by atoms with Gasteiger partial charge in [-0.05, 0) is 31.6 Å². The molecule has 1 heterocycles. The molecule has 2 heteroatoms. The Morgan fingerprint density at radius 2 is 1.64 bits per heavy atom. The molecule has 0 aromatic rings. The van der Waals surface area contributed by atoms with Crippen LogP contribution in [0.3, 0.4) is 0 Å². The summed E-state index contributed by atoms with van der Waals surface area (Å²) in [5.41, 5.74) is 0. The fraction of sp³-hybridized carbons (Fsp3) is 0.917. The van der Waals surface area contributed by atoms with Gasteiger partial charge in [-0.15, -0.1) is 0 Å². The quantitative estimate of drug-likeness (QED) is 0.504. The molecule has 1 saturated heterocycles. The monoisotopic (exact) mass is 194 g/mol. The Morgan fingerprint density at radius 1 is 1.07 bits per heavy atom. The van der Waals surface area contributed by atoms with Crippen LogP contribution in [0.15, 0.2) is 0 Å². The number of nitrogens with zero attached hydrogens (tertiary/aromatic N) is 1. The van der Waals surface area contributed by atoms with E-state index in [9.17, 15) is 0 Å². The Morgan fingerprint density at radius 3 is 2.21 bits per heavy atom. The lowest BCUT2D eigenvalue weighted by Crippen LogP contribution is -2.34. The van der Waals surface area contributed by atoms with Crippen molar-refractivity contribution in [3.05, 3.63) is 0 Å². The van der Waals surface area contributed by atoms with Crippen LogP contribution in [0.5, 0.6) is 0 Å². The molecule has 80 valence electrons. The fourth-order valence-electron chi connectivity index (χ4n) is 2.75. The van der Waals surface area contributed by atoms with Gasteiger partial charge in [-0.2, -0.15) is 0 Å². The zero-order valence-corrected chi connectivity index (χ0v) is 9.26. The van der Waals surface area contributed by atoms with Crippen molar-refractivity contribution in [2.75, 3.05) is 13.1 Å². The lowest BCUT2D eigenvalue weighted by molar-refractivity contribution is 0.321. The summed E-state index contributed by atoms with van der Waals surface area (Å²) in [6.07, 6.45) is 7.78. The Hall–Kier alpha value is -0.530. The average Bonchev–Trinajstić information content (AvgIpc) is 2.71. The molecule has 0 radical (unpaired) electrons. The Labute approximate surface area is 87.2 Å². The SMILES string of the molecule is CC1CCC(C(=N)N2CCCC2)CC1. The third kappa shape index (κ3) is 2.10. The fourth-order valence-corrected chi connectivity index (χ4v) is 2.75. The molecule has 0 aromatic carbocycles. The summed E-state index contributed by atoms with van der Waals surface area (Å²) >= 11 is 0. The van der Waals surface area contributed by atoms with E-state index in [4.69, 9.17) is 5.41 Å². The number of amidine groups is 1. The lowest BCUT2D eigenvalue weighted by atomic mass is 9.82. The molecule has 2 nitrogen and oxygen atoms in total. The van der Waals surface area contributed by atoms with Gasteiger partial charge in [0, 0.05) is 19.0 Å². The highest BCUT2D eigenvalue weighted by Gasteiger charge is 2.26. The van der Waals surface area contributed by atoms with Crippen LogP contribution in [0.25, 0.3) is 0 Å². The molecular weight excluding hydrogens is 172 g/mol. The Bertz CT molecular complexity index is 198. The second-order valence-electron chi connectivity index (χ2n) is 5.04. The zero-order chi connectivity index (χ0) is 9.97. The summed E-state index contributed by atoms with van der Waals surface area (Å²) in [5, 5.41) is 8.17. The summed E-state index contributed by atoms with van der Waals surface area (Å²) in [4.78, 5) is 2.31. The van der Waals surface area contributed by atoms with Gasteiger partial charge in [-0.3, -0.25) is 5.41 Å². The molecule has 1 aliphatic heterocycles. The van der Waals surface area contributed by atoms with Crippen molar-refractivity contribution in [2.45, 2.75) is 45.4 Å². The molecule has 1 saturated carbocycles. The van der Waals surface area contributed by atoms with Crippen molar-refractivity contribution < 1.29 is 0 Å². The molecule has 0 bridgehead atoms. The normalized spacial score (nSPS) is 33.4. The molecule has 1 N–H and O–H groups in total. The summed E-state index contributed by atoms with van der Waals surface area (Å²) in [6, 6.07) is 0. The minimum Gasteiger partial charge on any atom is -0.360 e. The largest absolute Gasteiger partial charge is 0.360 e. The van der Waals surface area contributed by atoms with E-state index in [-0.39, 0.29) is 0 Å². The molecule has 0 unspecified atom stereocenters. The van der Waals surface area contributed by atoms with Crippen molar-refractivity contribution in [1.29, 1.82) is 5.41 Å². The molecule has 2 aliphatic rings. The Kier molecular flexibility index (Phi) is 3.09. The van der Waals surface area contributed by atoms with E-state index in [0.29, 0.717) is 5.92 Å². The van der Waals surface area contributed by atoms with E-state index in [1.807, 2.05) is 0 Å². The van der Waals surface area contributed by atoms with E-state index < -0.39 is 0 Å². The van der Waals surface area contributed by atoms with Gasteiger partial charge in [-0.1, -0.05) is 19.8 Å². The maximum Gasteiger partial charge on any atom is 0.0989 e. The number of hydrogen-bond acceptors (Lipinski definition) is 1. The van der Waals surface area contributed by atoms with Gasteiger partial charge >= 0.3 is 0 Å². The van der Waals surface area contributed by atoms with Crippen LogP contribution < -0.4 is 0 Å². The van der Waals surface area contributed by atoms with Crippen LogP contribution in [-0.4, -0.2) is 23.8 Å². The zero-order valence-electron chi connectivity index (χ0n) is 9.26. The minimum absolute atomic E-state index is 0.587. The average molecular weight is 194 g/mol. The number of rotatable bonds is 1. The topological polar surface area (TPSA) is 27.1 Å². The van der Waals surface area contributed by atoms with Crippen molar-refractivity contribution in [3.63, 3.8) is 0 Å². The highest BCUT2D eigenvalue weighted by Crippen LogP contribution is 2.30. The van der Waals surface area contributed by atoms with Crippen LogP contribution in [0.2, 0.25) is 0 Å². The molecule has 0 spiro atoms. The van der Waals surface area contributed by atoms with Crippen molar-refractivity contribution in [3.8, 4) is 0 Å². The lowest BCUT2D eigenvalue weighted by Gasteiger charge is -2.31.